The second kappa shape index (κ2) is 6.94. The summed E-state index contributed by atoms with van der Waals surface area (Å²) in [6, 6.07) is 6.18. The van der Waals surface area contributed by atoms with Gasteiger partial charge in [-0.05, 0) is 56.1 Å². The summed E-state index contributed by atoms with van der Waals surface area (Å²) in [5, 5.41) is 1.38. The van der Waals surface area contributed by atoms with Gasteiger partial charge in [0, 0.05) is 22.1 Å². The molecule has 0 spiro atoms. The highest BCUT2D eigenvalue weighted by molar-refractivity contribution is 6.34. The van der Waals surface area contributed by atoms with Crippen molar-refractivity contribution in [2.45, 2.75) is 44.7 Å². The molecule has 0 aromatic heterocycles. The van der Waals surface area contributed by atoms with Crippen molar-refractivity contribution < 1.29 is 0 Å². The van der Waals surface area contributed by atoms with Crippen LogP contribution in [0, 0.1) is 0 Å². The first-order valence-electron chi connectivity index (χ1n) is 7.07. The minimum Gasteiger partial charge on any atom is -0.326 e. The highest BCUT2D eigenvalue weighted by Gasteiger charge is 2.28. The lowest BCUT2D eigenvalue weighted by Crippen LogP contribution is -2.40. The van der Waals surface area contributed by atoms with Crippen LogP contribution in [0.1, 0.15) is 44.2 Å². The number of nitrogens with zero attached hydrogens (tertiary/aromatic N) is 1. The number of hydrogen-bond acceptors (Lipinski definition) is 2. The Labute approximate surface area is 125 Å². The van der Waals surface area contributed by atoms with Crippen LogP contribution in [0.5, 0.6) is 0 Å². The number of hydrogen-bond donors (Lipinski definition) is 1. The van der Waals surface area contributed by atoms with Crippen molar-refractivity contribution in [2.24, 2.45) is 5.73 Å². The van der Waals surface area contributed by atoms with Gasteiger partial charge in [-0.3, -0.25) is 4.90 Å². The number of halogens is 2. The Morgan fingerprint density at radius 2 is 1.89 bits per heavy atom. The highest BCUT2D eigenvalue weighted by Crippen LogP contribution is 2.32. The molecule has 0 saturated carbocycles. The molecule has 106 valence electrons. The molecule has 2 unspecified atom stereocenters. The zero-order valence-corrected chi connectivity index (χ0v) is 12.9. The number of nitrogens with two attached hydrogens (primary N) is 1. The second-order valence-corrected chi connectivity index (χ2v) is 6.22. The van der Waals surface area contributed by atoms with Crippen molar-refractivity contribution in [1.82, 2.24) is 4.90 Å². The Kier molecular flexibility index (Phi) is 5.52. The van der Waals surface area contributed by atoms with Crippen molar-refractivity contribution in [1.29, 1.82) is 0 Å². The Bertz CT molecular complexity index is 402. The van der Waals surface area contributed by atoms with Crippen LogP contribution >= 0.6 is 23.2 Å². The smallest absolute Gasteiger partial charge is 0.0500 e. The van der Waals surface area contributed by atoms with Gasteiger partial charge in [-0.15, -0.1) is 0 Å². The first kappa shape index (κ1) is 15.1. The topological polar surface area (TPSA) is 29.3 Å². The van der Waals surface area contributed by atoms with E-state index in [4.69, 9.17) is 28.9 Å². The second-order valence-electron chi connectivity index (χ2n) is 5.34. The van der Waals surface area contributed by atoms with Crippen molar-refractivity contribution in [3.8, 4) is 0 Å². The molecule has 1 fully saturated rings. The normalized spacial score (nSPS) is 25.3. The predicted octanol–water partition coefficient (Wildman–Crippen LogP) is 4.26. The average Bonchev–Trinajstić information content (AvgIpc) is 2.50. The fourth-order valence-electron chi connectivity index (χ4n) is 3.00. The highest BCUT2D eigenvalue weighted by atomic mass is 35.5. The maximum absolute atomic E-state index is 6.40. The van der Waals surface area contributed by atoms with Crippen LogP contribution < -0.4 is 5.73 Å². The fourth-order valence-corrected chi connectivity index (χ4v) is 3.55. The van der Waals surface area contributed by atoms with Gasteiger partial charge in [0.2, 0.25) is 0 Å². The lowest BCUT2D eigenvalue weighted by molar-refractivity contribution is 0.186. The van der Waals surface area contributed by atoms with E-state index >= 15 is 0 Å². The molecule has 2 nitrogen and oxygen atoms in total. The van der Waals surface area contributed by atoms with Gasteiger partial charge in [-0.2, -0.15) is 0 Å². The third kappa shape index (κ3) is 3.85. The summed E-state index contributed by atoms with van der Waals surface area (Å²) in [6.45, 7) is 4.39. The van der Waals surface area contributed by atoms with Gasteiger partial charge in [-0.1, -0.05) is 36.5 Å². The van der Waals surface area contributed by atoms with Crippen molar-refractivity contribution in [3.63, 3.8) is 0 Å². The zero-order valence-electron chi connectivity index (χ0n) is 11.4. The van der Waals surface area contributed by atoms with Gasteiger partial charge >= 0.3 is 0 Å². The maximum Gasteiger partial charge on any atom is 0.0500 e. The summed E-state index contributed by atoms with van der Waals surface area (Å²) in [6.07, 6.45) is 4.62. The first-order valence-corrected chi connectivity index (χ1v) is 7.83. The van der Waals surface area contributed by atoms with E-state index in [1.54, 1.807) is 6.07 Å². The van der Waals surface area contributed by atoms with Crippen LogP contribution in [0.3, 0.4) is 0 Å². The number of rotatable bonds is 3. The zero-order chi connectivity index (χ0) is 13.8. The van der Waals surface area contributed by atoms with Gasteiger partial charge in [0.1, 0.15) is 0 Å². The van der Waals surface area contributed by atoms with E-state index in [1.165, 1.54) is 12.8 Å². The van der Waals surface area contributed by atoms with Crippen LogP contribution in [0.2, 0.25) is 10.0 Å². The average molecular weight is 301 g/mol. The SMILES string of the molecule is CCCN1CCCCC(N)C1c1cc(Cl)cc(Cl)c1. The van der Waals surface area contributed by atoms with E-state index in [-0.39, 0.29) is 12.1 Å². The van der Waals surface area contributed by atoms with Crippen molar-refractivity contribution >= 4 is 23.2 Å². The summed E-state index contributed by atoms with van der Waals surface area (Å²) in [5.74, 6) is 0. The molecule has 2 N–H and O–H groups in total. The van der Waals surface area contributed by atoms with Gasteiger partial charge in [0.15, 0.2) is 0 Å². The minimum atomic E-state index is 0.156. The molecule has 1 heterocycles. The molecular formula is C15H22Cl2N2. The quantitative estimate of drug-likeness (QED) is 0.904. The minimum absolute atomic E-state index is 0.156. The number of likely N-dealkylation sites (tertiary alicyclic amines) is 1. The third-order valence-corrected chi connectivity index (χ3v) is 4.21. The Balaban J connectivity index is 2.33. The molecule has 0 amide bonds. The van der Waals surface area contributed by atoms with E-state index in [0.29, 0.717) is 10.0 Å². The monoisotopic (exact) mass is 300 g/mol. The molecule has 1 saturated heterocycles. The van der Waals surface area contributed by atoms with E-state index in [2.05, 4.69) is 11.8 Å². The molecule has 1 aliphatic heterocycles. The lowest BCUT2D eigenvalue weighted by atomic mass is 9.96. The lowest BCUT2D eigenvalue weighted by Gasteiger charge is -2.33. The third-order valence-electron chi connectivity index (χ3n) is 3.77. The number of benzene rings is 1. The van der Waals surface area contributed by atoms with E-state index in [1.807, 2.05) is 12.1 Å². The molecule has 19 heavy (non-hydrogen) atoms. The van der Waals surface area contributed by atoms with Crippen LogP contribution in [0.25, 0.3) is 0 Å². The molecule has 0 radical (unpaired) electrons. The van der Waals surface area contributed by atoms with Crippen molar-refractivity contribution in [3.05, 3.63) is 33.8 Å². The molecular weight excluding hydrogens is 279 g/mol. The van der Waals surface area contributed by atoms with Gasteiger partial charge < -0.3 is 5.73 Å². The molecule has 2 rings (SSSR count). The fraction of sp³-hybridized carbons (Fsp3) is 0.600. The molecule has 4 heteroatoms. The predicted molar refractivity (Wildman–Crippen MR) is 82.9 cm³/mol. The first-order chi connectivity index (χ1) is 9.11. The van der Waals surface area contributed by atoms with E-state index < -0.39 is 0 Å². The molecule has 1 aromatic rings. The summed E-state index contributed by atoms with van der Waals surface area (Å²) < 4.78 is 0. The van der Waals surface area contributed by atoms with Crippen LogP contribution in [-0.4, -0.2) is 24.0 Å². The summed E-state index contributed by atoms with van der Waals surface area (Å²) >= 11 is 12.3. The van der Waals surface area contributed by atoms with Gasteiger partial charge in [0.25, 0.3) is 0 Å². The summed E-state index contributed by atoms with van der Waals surface area (Å²) in [7, 11) is 0. The largest absolute Gasteiger partial charge is 0.326 e. The standard InChI is InChI=1S/C15H22Cl2N2/c1-2-6-19-7-4-3-5-14(18)15(19)11-8-12(16)10-13(17)9-11/h8-10,14-15H,2-7,18H2,1H3. The summed E-state index contributed by atoms with van der Waals surface area (Å²) in [5.41, 5.74) is 7.56. The summed E-state index contributed by atoms with van der Waals surface area (Å²) in [4.78, 5) is 2.49. The van der Waals surface area contributed by atoms with Gasteiger partial charge in [-0.25, -0.2) is 0 Å². The van der Waals surface area contributed by atoms with Crippen LogP contribution in [-0.2, 0) is 0 Å². The molecule has 2 atom stereocenters. The Morgan fingerprint density at radius 1 is 1.21 bits per heavy atom. The maximum atomic E-state index is 6.40. The van der Waals surface area contributed by atoms with E-state index in [9.17, 15) is 0 Å². The Hall–Kier alpha value is -0.280. The molecule has 1 aliphatic rings. The van der Waals surface area contributed by atoms with E-state index in [0.717, 1.165) is 31.5 Å². The van der Waals surface area contributed by atoms with Crippen LogP contribution in [0.15, 0.2) is 18.2 Å². The van der Waals surface area contributed by atoms with Crippen molar-refractivity contribution in [2.75, 3.05) is 13.1 Å². The Morgan fingerprint density at radius 3 is 2.53 bits per heavy atom. The van der Waals surface area contributed by atoms with Gasteiger partial charge in [0.05, 0.1) is 0 Å². The van der Waals surface area contributed by atoms with Crippen LogP contribution in [0.4, 0.5) is 0 Å². The molecule has 0 bridgehead atoms. The molecule has 1 aromatic carbocycles. The molecule has 0 aliphatic carbocycles.